The first-order valence-electron chi connectivity index (χ1n) is 7.68. The summed E-state index contributed by atoms with van der Waals surface area (Å²) in [5, 5.41) is 3.21. The Hall–Kier alpha value is -2.49. The molecule has 0 heterocycles. The van der Waals surface area contributed by atoms with Crippen molar-refractivity contribution in [3.63, 3.8) is 0 Å². The first-order valence-corrected chi connectivity index (χ1v) is 7.68. The first-order chi connectivity index (χ1) is 11.0. The maximum absolute atomic E-state index is 12.3. The number of likely N-dealkylation sites (N-methyl/N-ethyl adjacent to an activating group) is 1. The van der Waals surface area contributed by atoms with Gasteiger partial charge in [-0.1, -0.05) is 35.9 Å². The maximum Gasteiger partial charge on any atom is 0.241 e. The Kier molecular flexibility index (Phi) is 5.63. The minimum absolute atomic E-state index is 0.0379. The van der Waals surface area contributed by atoms with Gasteiger partial charge in [0.25, 0.3) is 0 Å². The van der Waals surface area contributed by atoms with E-state index in [1.165, 1.54) is 5.56 Å². The van der Waals surface area contributed by atoms with Crippen LogP contribution in [-0.4, -0.2) is 31.5 Å². The number of hydrogen-bond donors (Lipinski definition) is 1. The number of nitrogens with one attached hydrogen (secondary N) is 1. The Labute approximate surface area is 138 Å². The third-order valence-corrected chi connectivity index (χ3v) is 3.84. The SMILES string of the molecule is COc1ccccc1CN(C)C(=O)CNc1ccc(C)cc1C. The van der Waals surface area contributed by atoms with Crippen molar-refractivity contribution in [2.45, 2.75) is 20.4 Å². The molecular formula is C19H24N2O2. The molecule has 0 bridgehead atoms. The molecule has 0 saturated heterocycles. The molecule has 0 spiro atoms. The minimum Gasteiger partial charge on any atom is -0.496 e. The molecule has 0 radical (unpaired) electrons. The molecular weight excluding hydrogens is 288 g/mol. The van der Waals surface area contributed by atoms with Gasteiger partial charge in [-0.2, -0.15) is 0 Å². The minimum atomic E-state index is 0.0379. The number of rotatable bonds is 6. The van der Waals surface area contributed by atoms with Crippen LogP contribution in [0.5, 0.6) is 5.75 Å². The van der Waals surface area contributed by atoms with Gasteiger partial charge in [0.15, 0.2) is 0 Å². The second kappa shape index (κ2) is 7.68. The molecule has 4 heteroatoms. The van der Waals surface area contributed by atoms with Crippen LogP contribution in [0.2, 0.25) is 0 Å². The van der Waals surface area contributed by atoms with Crippen molar-refractivity contribution in [1.82, 2.24) is 4.90 Å². The molecule has 122 valence electrons. The fraction of sp³-hybridized carbons (Fsp3) is 0.316. The van der Waals surface area contributed by atoms with Gasteiger partial charge in [-0.3, -0.25) is 4.79 Å². The lowest BCUT2D eigenvalue weighted by molar-refractivity contribution is -0.128. The highest BCUT2D eigenvalue weighted by Gasteiger charge is 2.12. The number of anilines is 1. The van der Waals surface area contributed by atoms with Gasteiger partial charge in [-0.05, 0) is 31.5 Å². The molecule has 0 fully saturated rings. The molecule has 23 heavy (non-hydrogen) atoms. The third-order valence-electron chi connectivity index (χ3n) is 3.84. The molecule has 2 aromatic rings. The van der Waals surface area contributed by atoms with E-state index in [2.05, 4.69) is 18.3 Å². The maximum atomic E-state index is 12.3. The molecule has 1 amide bonds. The van der Waals surface area contributed by atoms with Crippen LogP contribution < -0.4 is 10.1 Å². The van der Waals surface area contributed by atoms with E-state index < -0.39 is 0 Å². The van der Waals surface area contributed by atoms with Crippen LogP contribution in [0.25, 0.3) is 0 Å². The van der Waals surface area contributed by atoms with Gasteiger partial charge < -0.3 is 15.0 Å². The summed E-state index contributed by atoms with van der Waals surface area (Å²) in [5.74, 6) is 0.838. The van der Waals surface area contributed by atoms with E-state index in [1.807, 2.05) is 43.3 Å². The van der Waals surface area contributed by atoms with Gasteiger partial charge in [0.2, 0.25) is 5.91 Å². The fourth-order valence-corrected chi connectivity index (χ4v) is 2.50. The van der Waals surface area contributed by atoms with Crippen molar-refractivity contribution in [3.8, 4) is 5.75 Å². The number of carbonyl (C=O) groups is 1. The summed E-state index contributed by atoms with van der Waals surface area (Å²) in [6.07, 6.45) is 0. The Morgan fingerprint density at radius 2 is 1.91 bits per heavy atom. The summed E-state index contributed by atoms with van der Waals surface area (Å²) >= 11 is 0. The summed E-state index contributed by atoms with van der Waals surface area (Å²) < 4.78 is 5.33. The predicted molar refractivity (Wildman–Crippen MR) is 93.9 cm³/mol. The number of hydrogen-bond acceptors (Lipinski definition) is 3. The Balaban J connectivity index is 1.95. The van der Waals surface area contributed by atoms with Crippen molar-refractivity contribution in [1.29, 1.82) is 0 Å². The Morgan fingerprint density at radius 1 is 1.17 bits per heavy atom. The molecule has 0 aliphatic heterocycles. The molecule has 0 aromatic heterocycles. The predicted octanol–water partition coefficient (Wildman–Crippen LogP) is 3.38. The molecule has 0 saturated carbocycles. The van der Waals surface area contributed by atoms with Crippen LogP contribution >= 0.6 is 0 Å². The highest BCUT2D eigenvalue weighted by Crippen LogP contribution is 2.19. The Bertz CT molecular complexity index is 683. The van der Waals surface area contributed by atoms with Crippen molar-refractivity contribution in [2.75, 3.05) is 26.0 Å². The van der Waals surface area contributed by atoms with Crippen LogP contribution in [0, 0.1) is 13.8 Å². The zero-order valence-corrected chi connectivity index (χ0v) is 14.2. The van der Waals surface area contributed by atoms with Gasteiger partial charge in [0.1, 0.15) is 5.75 Å². The van der Waals surface area contributed by atoms with E-state index in [4.69, 9.17) is 4.74 Å². The highest BCUT2D eigenvalue weighted by atomic mass is 16.5. The molecule has 0 unspecified atom stereocenters. The lowest BCUT2D eigenvalue weighted by Crippen LogP contribution is -2.32. The lowest BCUT2D eigenvalue weighted by atomic mass is 10.1. The van der Waals surface area contributed by atoms with Gasteiger partial charge >= 0.3 is 0 Å². The quantitative estimate of drug-likeness (QED) is 0.889. The summed E-state index contributed by atoms with van der Waals surface area (Å²) in [7, 11) is 3.45. The molecule has 0 aliphatic rings. The van der Waals surface area contributed by atoms with Gasteiger partial charge in [0.05, 0.1) is 13.7 Å². The molecule has 4 nitrogen and oxygen atoms in total. The zero-order valence-electron chi connectivity index (χ0n) is 14.2. The van der Waals surface area contributed by atoms with Crippen molar-refractivity contribution >= 4 is 11.6 Å². The van der Waals surface area contributed by atoms with Crippen LogP contribution in [-0.2, 0) is 11.3 Å². The second-order valence-corrected chi connectivity index (χ2v) is 5.73. The van der Waals surface area contributed by atoms with Crippen LogP contribution in [0.3, 0.4) is 0 Å². The molecule has 2 aromatic carbocycles. The van der Waals surface area contributed by atoms with E-state index in [0.717, 1.165) is 22.6 Å². The van der Waals surface area contributed by atoms with Crippen molar-refractivity contribution in [2.24, 2.45) is 0 Å². The number of nitrogens with zero attached hydrogens (tertiary/aromatic N) is 1. The average molecular weight is 312 g/mol. The number of aryl methyl sites for hydroxylation is 2. The number of amides is 1. The number of benzene rings is 2. The standard InChI is InChI=1S/C19H24N2O2/c1-14-9-10-17(15(2)11-14)20-12-19(22)21(3)13-16-7-5-6-8-18(16)23-4/h5-11,20H,12-13H2,1-4H3. The van der Waals surface area contributed by atoms with Gasteiger partial charge in [0, 0.05) is 24.8 Å². The number of methoxy groups -OCH3 is 1. The fourth-order valence-electron chi connectivity index (χ4n) is 2.50. The monoisotopic (exact) mass is 312 g/mol. The number of ether oxygens (including phenoxy) is 1. The number of carbonyl (C=O) groups excluding carboxylic acids is 1. The molecule has 1 N–H and O–H groups in total. The highest BCUT2D eigenvalue weighted by molar-refractivity contribution is 5.81. The largest absolute Gasteiger partial charge is 0.496 e. The lowest BCUT2D eigenvalue weighted by Gasteiger charge is -2.20. The first kappa shape index (κ1) is 16.9. The van der Waals surface area contributed by atoms with Gasteiger partial charge in [-0.15, -0.1) is 0 Å². The summed E-state index contributed by atoms with van der Waals surface area (Å²) in [4.78, 5) is 14.0. The third kappa shape index (κ3) is 4.49. The molecule has 0 atom stereocenters. The molecule has 0 aliphatic carbocycles. The van der Waals surface area contributed by atoms with E-state index in [1.54, 1.807) is 19.1 Å². The summed E-state index contributed by atoms with van der Waals surface area (Å²) in [5.41, 5.74) is 4.35. The Morgan fingerprint density at radius 3 is 2.61 bits per heavy atom. The summed E-state index contributed by atoms with van der Waals surface area (Å²) in [6.45, 7) is 4.90. The van der Waals surface area contributed by atoms with Gasteiger partial charge in [-0.25, -0.2) is 0 Å². The van der Waals surface area contributed by atoms with Crippen LogP contribution in [0.4, 0.5) is 5.69 Å². The smallest absolute Gasteiger partial charge is 0.241 e. The number of para-hydroxylation sites is 1. The van der Waals surface area contributed by atoms with E-state index in [-0.39, 0.29) is 12.5 Å². The van der Waals surface area contributed by atoms with E-state index in [0.29, 0.717) is 6.54 Å². The van der Waals surface area contributed by atoms with E-state index in [9.17, 15) is 4.79 Å². The topological polar surface area (TPSA) is 41.6 Å². The van der Waals surface area contributed by atoms with E-state index >= 15 is 0 Å². The normalized spacial score (nSPS) is 10.3. The van der Waals surface area contributed by atoms with Crippen LogP contribution in [0.1, 0.15) is 16.7 Å². The average Bonchev–Trinajstić information content (AvgIpc) is 2.54. The van der Waals surface area contributed by atoms with Crippen LogP contribution in [0.15, 0.2) is 42.5 Å². The zero-order chi connectivity index (χ0) is 16.8. The van der Waals surface area contributed by atoms with Crippen molar-refractivity contribution in [3.05, 3.63) is 59.2 Å². The second-order valence-electron chi connectivity index (χ2n) is 5.73. The summed E-state index contributed by atoms with van der Waals surface area (Å²) in [6, 6.07) is 13.9. The van der Waals surface area contributed by atoms with Crippen molar-refractivity contribution < 1.29 is 9.53 Å². The molecule has 2 rings (SSSR count).